The molecule has 0 unspecified atom stereocenters. The highest BCUT2D eigenvalue weighted by Crippen LogP contribution is 2.06. The van der Waals surface area contributed by atoms with E-state index in [2.05, 4.69) is 0 Å². The molecular formula is C11H23NO3Si. The highest BCUT2D eigenvalue weighted by molar-refractivity contribution is 6.71. The normalized spacial score (nSPS) is 11.6. The van der Waals surface area contributed by atoms with Gasteiger partial charge in [0.2, 0.25) is 8.32 Å². The molecule has 16 heavy (non-hydrogen) atoms. The van der Waals surface area contributed by atoms with Gasteiger partial charge in [-0.05, 0) is 33.7 Å². The van der Waals surface area contributed by atoms with Crippen LogP contribution < -0.4 is 0 Å². The van der Waals surface area contributed by atoms with Crippen LogP contribution in [-0.4, -0.2) is 45.6 Å². The zero-order valence-corrected chi connectivity index (χ0v) is 12.0. The fourth-order valence-corrected chi connectivity index (χ4v) is 1.89. The van der Waals surface area contributed by atoms with Crippen LogP contribution >= 0.6 is 0 Å². The zero-order valence-electron chi connectivity index (χ0n) is 11.0. The summed E-state index contributed by atoms with van der Waals surface area (Å²) in [5.41, 5.74) is 0. The third kappa shape index (κ3) is 9.86. The van der Waals surface area contributed by atoms with Crippen molar-refractivity contribution < 1.29 is 14.0 Å². The van der Waals surface area contributed by atoms with Crippen LogP contribution in [-0.2, 0) is 14.0 Å². The second-order valence-electron chi connectivity index (χ2n) is 5.18. The standard InChI is InChI=1S/C11H23NO3Si/c1-12(2)9-8-10(13)6-7-11(14)15-16(3,4)5/h6-9H2,1-5H3. The SMILES string of the molecule is CN(C)CCC(=O)CCC(=O)O[Si](C)(C)C. The summed E-state index contributed by atoms with van der Waals surface area (Å²) in [5.74, 6) is -0.112. The Morgan fingerprint density at radius 1 is 1.06 bits per heavy atom. The first kappa shape index (κ1) is 15.3. The molecule has 0 aromatic rings. The van der Waals surface area contributed by atoms with E-state index in [1.165, 1.54) is 0 Å². The monoisotopic (exact) mass is 245 g/mol. The van der Waals surface area contributed by atoms with Crippen molar-refractivity contribution in [2.75, 3.05) is 20.6 Å². The van der Waals surface area contributed by atoms with Crippen LogP contribution in [0.25, 0.3) is 0 Å². The lowest BCUT2D eigenvalue weighted by Crippen LogP contribution is -2.29. The molecule has 0 aliphatic carbocycles. The van der Waals surface area contributed by atoms with Gasteiger partial charge in [-0.1, -0.05) is 0 Å². The van der Waals surface area contributed by atoms with E-state index in [4.69, 9.17) is 4.43 Å². The summed E-state index contributed by atoms with van der Waals surface area (Å²) >= 11 is 0. The molecule has 0 aliphatic heterocycles. The average Bonchev–Trinajstić information content (AvgIpc) is 2.08. The number of Topliss-reactive ketones (excluding diaryl/α,β-unsaturated/α-hetero) is 1. The first-order chi connectivity index (χ1) is 7.20. The summed E-state index contributed by atoms with van der Waals surface area (Å²) in [7, 11) is 2.05. The van der Waals surface area contributed by atoms with E-state index in [-0.39, 0.29) is 18.2 Å². The summed E-state index contributed by atoms with van der Waals surface area (Å²) in [4.78, 5) is 24.7. The van der Waals surface area contributed by atoms with Crippen LogP contribution in [0.5, 0.6) is 0 Å². The average molecular weight is 245 g/mol. The molecular weight excluding hydrogens is 222 g/mol. The van der Waals surface area contributed by atoms with Crippen molar-refractivity contribution in [2.45, 2.75) is 38.9 Å². The van der Waals surface area contributed by atoms with E-state index in [0.717, 1.165) is 6.54 Å². The number of carbonyl (C=O) groups is 2. The van der Waals surface area contributed by atoms with Gasteiger partial charge in [-0.15, -0.1) is 0 Å². The van der Waals surface area contributed by atoms with Gasteiger partial charge in [0.1, 0.15) is 5.78 Å². The second-order valence-corrected chi connectivity index (χ2v) is 9.61. The van der Waals surface area contributed by atoms with Gasteiger partial charge in [0, 0.05) is 19.4 Å². The third-order valence-electron chi connectivity index (χ3n) is 1.87. The smallest absolute Gasteiger partial charge is 0.292 e. The predicted molar refractivity (Wildman–Crippen MR) is 66.9 cm³/mol. The van der Waals surface area contributed by atoms with Gasteiger partial charge in [-0.2, -0.15) is 0 Å². The maximum Gasteiger partial charge on any atom is 0.292 e. The van der Waals surface area contributed by atoms with E-state index in [1.807, 2.05) is 38.6 Å². The summed E-state index contributed by atoms with van der Waals surface area (Å²) in [6, 6.07) is 0. The van der Waals surface area contributed by atoms with Crippen molar-refractivity contribution in [3.05, 3.63) is 0 Å². The molecule has 0 saturated heterocycles. The molecule has 0 heterocycles. The van der Waals surface area contributed by atoms with Crippen LogP contribution in [0.1, 0.15) is 19.3 Å². The number of nitrogens with zero attached hydrogens (tertiary/aromatic N) is 1. The van der Waals surface area contributed by atoms with Crippen molar-refractivity contribution >= 4 is 20.1 Å². The highest BCUT2D eigenvalue weighted by atomic mass is 28.4. The lowest BCUT2D eigenvalue weighted by atomic mass is 10.1. The Morgan fingerprint density at radius 3 is 2.06 bits per heavy atom. The highest BCUT2D eigenvalue weighted by Gasteiger charge is 2.20. The van der Waals surface area contributed by atoms with Crippen LogP contribution in [0, 0.1) is 0 Å². The van der Waals surface area contributed by atoms with Gasteiger partial charge in [-0.3, -0.25) is 9.59 Å². The van der Waals surface area contributed by atoms with Crippen LogP contribution in [0.3, 0.4) is 0 Å². The van der Waals surface area contributed by atoms with E-state index in [0.29, 0.717) is 12.8 Å². The fraction of sp³-hybridized carbons (Fsp3) is 0.818. The molecule has 0 aliphatic rings. The zero-order chi connectivity index (χ0) is 12.8. The maximum atomic E-state index is 11.4. The minimum atomic E-state index is -1.80. The first-order valence-corrected chi connectivity index (χ1v) is 9.00. The quantitative estimate of drug-likeness (QED) is 0.640. The molecule has 0 saturated carbocycles. The van der Waals surface area contributed by atoms with Crippen molar-refractivity contribution in [3.8, 4) is 0 Å². The Bertz CT molecular complexity index is 246. The van der Waals surface area contributed by atoms with Gasteiger partial charge in [-0.25, -0.2) is 0 Å². The maximum absolute atomic E-state index is 11.4. The van der Waals surface area contributed by atoms with E-state index < -0.39 is 8.32 Å². The van der Waals surface area contributed by atoms with Crippen molar-refractivity contribution in [1.82, 2.24) is 4.90 Å². The molecule has 0 atom stereocenters. The second kappa shape index (κ2) is 6.80. The molecule has 0 rings (SSSR count). The summed E-state index contributed by atoms with van der Waals surface area (Å²) in [6.07, 6.45) is 1.03. The van der Waals surface area contributed by atoms with Crippen molar-refractivity contribution in [3.63, 3.8) is 0 Å². The molecule has 0 N–H and O–H groups in total. The van der Waals surface area contributed by atoms with E-state index >= 15 is 0 Å². The van der Waals surface area contributed by atoms with Crippen LogP contribution in [0.15, 0.2) is 0 Å². The Kier molecular flexibility index (Phi) is 6.51. The Morgan fingerprint density at radius 2 is 1.62 bits per heavy atom. The van der Waals surface area contributed by atoms with Crippen LogP contribution in [0.2, 0.25) is 19.6 Å². The fourth-order valence-electron chi connectivity index (χ4n) is 1.11. The summed E-state index contributed by atoms with van der Waals surface area (Å²) < 4.78 is 5.25. The topological polar surface area (TPSA) is 46.6 Å². The number of carbonyl (C=O) groups excluding carboxylic acids is 2. The van der Waals surface area contributed by atoms with Crippen LogP contribution in [0.4, 0.5) is 0 Å². The molecule has 0 radical (unpaired) electrons. The first-order valence-electron chi connectivity index (χ1n) is 5.59. The Balaban J connectivity index is 3.72. The Labute approximate surface area is 99.1 Å². The summed E-state index contributed by atoms with van der Waals surface area (Å²) in [6.45, 7) is 6.61. The molecule has 4 nitrogen and oxygen atoms in total. The number of ketones is 1. The number of rotatable bonds is 7. The number of hydrogen-bond acceptors (Lipinski definition) is 4. The van der Waals surface area contributed by atoms with E-state index in [1.54, 1.807) is 0 Å². The molecule has 94 valence electrons. The minimum Gasteiger partial charge on any atom is -0.520 e. The molecule has 0 spiro atoms. The number of hydrogen-bond donors (Lipinski definition) is 0. The van der Waals surface area contributed by atoms with Gasteiger partial charge in [0.05, 0.1) is 6.42 Å². The molecule has 5 heteroatoms. The molecule has 0 fully saturated rings. The predicted octanol–water partition coefficient (Wildman–Crippen LogP) is 1.67. The lowest BCUT2D eigenvalue weighted by molar-refractivity contribution is -0.136. The third-order valence-corrected chi connectivity index (χ3v) is 2.71. The van der Waals surface area contributed by atoms with E-state index in [9.17, 15) is 9.59 Å². The summed E-state index contributed by atoms with van der Waals surface area (Å²) in [5, 5.41) is 0. The molecule has 0 amide bonds. The molecule has 0 aromatic carbocycles. The van der Waals surface area contributed by atoms with Crippen molar-refractivity contribution in [2.24, 2.45) is 0 Å². The van der Waals surface area contributed by atoms with Crippen molar-refractivity contribution in [1.29, 1.82) is 0 Å². The minimum absolute atomic E-state index is 0.126. The van der Waals surface area contributed by atoms with Gasteiger partial charge < -0.3 is 9.33 Å². The Hall–Kier alpha value is -0.683. The van der Waals surface area contributed by atoms with Gasteiger partial charge >= 0.3 is 0 Å². The lowest BCUT2D eigenvalue weighted by Gasteiger charge is -2.17. The molecule has 0 aromatic heterocycles. The van der Waals surface area contributed by atoms with Gasteiger partial charge in [0.15, 0.2) is 0 Å². The van der Waals surface area contributed by atoms with Gasteiger partial charge in [0.25, 0.3) is 5.97 Å². The largest absolute Gasteiger partial charge is 0.520 e. The molecule has 0 bridgehead atoms.